The SMILES string of the molecule is Cc1ccc(-c2ccsc2C(=O)N2CCC3CCC(C2)N3)cc1.Cl. The summed E-state index contributed by atoms with van der Waals surface area (Å²) in [5.41, 5.74) is 3.45. The second kappa shape index (κ2) is 7.26. The topological polar surface area (TPSA) is 32.3 Å². The molecule has 0 radical (unpaired) electrons. The lowest BCUT2D eigenvalue weighted by molar-refractivity contribution is 0.0753. The normalized spacial score (nSPS) is 22.8. The van der Waals surface area contributed by atoms with Gasteiger partial charge in [-0.05, 0) is 43.2 Å². The zero-order valence-electron chi connectivity index (χ0n) is 13.8. The summed E-state index contributed by atoms with van der Waals surface area (Å²) in [4.78, 5) is 16.0. The average molecular weight is 363 g/mol. The summed E-state index contributed by atoms with van der Waals surface area (Å²) in [6.07, 6.45) is 3.54. The number of hydrogen-bond acceptors (Lipinski definition) is 3. The van der Waals surface area contributed by atoms with Crippen molar-refractivity contribution in [3.63, 3.8) is 0 Å². The van der Waals surface area contributed by atoms with E-state index in [0.717, 1.165) is 35.5 Å². The number of benzene rings is 1. The molecule has 2 atom stereocenters. The lowest BCUT2D eigenvalue weighted by Gasteiger charge is -2.24. The van der Waals surface area contributed by atoms with Crippen LogP contribution in [0.1, 0.15) is 34.5 Å². The van der Waals surface area contributed by atoms with Gasteiger partial charge in [-0.2, -0.15) is 0 Å². The third-order valence-electron chi connectivity index (χ3n) is 5.03. The minimum Gasteiger partial charge on any atom is -0.336 e. The number of carbonyl (C=O) groups excluding carboxylic acids is 1. The minimum atomic E-state index is 0. The van der Waals surface area contributed by atoms with Crippen LogP contribution < -0.4 is 5.32 Å². The Labute approximate surface area is 153 Å². The van der Waals surface area contributed by atoms with Crippen molar-refractivity contribution in [2.45, 2.75) is 38.3 Å². The number of fused-ring (bicyclic) bond motifs is 2. The Balaban J connectivity index is 0.00000169. The Kier molecular flexibility index (Phi) is 5.28. The van der Waals surface area contributed by atoms with Crippen molar-refractivity contribution >= 4 is 29.7 Å². The van der Waals surface area contributed by atoms with E-state index in [2.05, 4.69) is 47.5 Å². The number of nitrogens with one attached hydrogen (secondary N) is 1. The predicted octanol–water partition coefficient (Wildman–Crippen LogP) is 4.11. The minimum absolute atomic E-state index is 0. The molecule has 24 heavy (non-hydrogen) atoms. The molecule has 0 spiro atoms. The summed E-state index contributed by atoms with van der Waals surface area (Å²) in [6.45, 7) is 3.81. The van der Waals surface area contributed by atoms with E-state index in [0.29, 0.717) is 12.1 Å². The summed E-state index contributed by atoms with van der Waals surface area (Å²) in [7, 11) is 0. The molecule has 2 aliphatic heterocycles. The van der Waals surface area contributed by atoms with Crippen LogP contribution in [0.25, 0.3) is 11.1 Å². The van der Waals surface area contributed by atoms with Gasteiger partial charge in [0, 0.05) is 30.7 Å². The van der Waals surface area contributed by atoms with Gasteiger partial charge in [0.15, 0.2) is 0 Å². The number of halogens is 1. The van der Waals surface area contributed by atoms with Crippen LogP contribution in [-0.4, -0.2) is 36.0 Å². The maximum atomic E-state index is 13.1. The molecule has 5 heteroatoms. The second-order valence-electron chi connectivity index (χ2n) is 6.71. The molecule has 1 amide bonds. The molecular formula is C19H23ClN2OS. The lowest BCUT2D eigenvalue weighted by atomic mass is 10.0. The van der Waals surface area contributed by atoms with Gasteiger partial charge in [-0.15, -0.1) is 23.7 Å². The van der Waals surface area contributed by atoms with Crippen LogP contribution in [0.5, 0.6) is 0 Å². The van der Waals surface area contributed by atoms with Crippen molar-refractivity contribution in [3.05, 3.63) is 46.2 Å². The third-order valence-corrected chi connectivity index (χ3v) is 5.93. The molecule has 0 aliphatic carbocycles. The van der Waals surface area contributed by atoms with Crippen LogP contribution in [0.3, 0.4) is 0 Å². The highest BCUT2D eigenvalue weighted by molar-refractivity contribution is 7.12. The van der Waals surface area contributed by atoms with Gasteiger partial charge in [0.2, 0.25) is 0 Å². The molecule has 2 bridgehead atoms. The van der Waals surface area contributed by atoms with Crippen LogP contribution in [0.2, 0.25) is 0 Å². The van der Waals surface area contributed by atoms with E-state index >= 15 is 0 Å². The van der Waals surface area contributed by atoms with Crippen molar-refractivity contribution < 1.29 is 4.79 Å². The predicted molar refractivity (Wildman–Crippen MR) is 102 cm³/mol. The highest BCUT2D eigenvalue weighted by Gasteiger charge is 2.32. The standard InChI is InChI=1S/C19H22N2OS.ClH/c1-13-2-4-14(5-3-13)17-9-11-23-18(17)19(22)21-10-8-15-6-7-16(12-21)20-15;/h2-5,9,11,15-16,20H,6-8,10,12H2,1H3;1H. The van der Waals surface area contributed by atoms with Gasteiger partial charge in [0.05, 0.1) is 4.88 Å². The van der Waals surface area contributed by atoms with E-state index in [1.165, 1.54) is 18.4 Å². The zero-order valence-corrected chi connectivity index (χ0v) is 15.5. The van der Waals surface area contributed by atoms with E-state index in [1.807, 2.05) is 5.38 Å². The lowest BCUT2D eigenvalue weighted by Crippen LogP contribution is -2.38. The van der Waals surface area contributed by atoms with E-state index in [1.54, 1.807) is 11.3 Å². The number of thiophene rings is 1. The maximum absolute atomic E-state index is 13.1. The van der Waals surface area contributed by atoms with Gasteiger partial charge in [-0.3, -0.25) is 4.79 Å². The first-order chi connectivity index (χ1) is 11.2. The second-order valence-corrected chi connectivity index (χ2v) is 7.62. The van der Waals surface area contributed by atoms with Crippen LogP contribution in [0.4, 0.5) is 0 Å². The molecule has 2 aliphatic rings. The monoisotopic (exact) mass is 362 g/mol. The highest BCUT2D eigenvalue weighted by Crippen LogP contribution is 2.31. The van der Waals surface area contributed by atoms with E-state index in [-0.39, 0.29) is 18.3 Å². The van der Waals surface area contributed by atoms with Crippen LogP contribution in [0.15, 0.2) is 35.7 Å². The Morgan fingerprint density at radius 1 is 1.12 bits per heavy atom. The van der Waals surface area contributed by atoms with Crippen molar-refractivity contribution in [2.75, 3.05) is 13.1 Å². The molecule has 2 unspecified atom stereocenters. The molecule has 3 nitrogen and oxygen atoms in total. The summed E-state index contributed by atoms with van der Waals surface area (Å²) >= 11 is 1.57. The molecule has 1 N–H and O–H groups in total. The fraction of sp³-hybridized carbons (Fsp3) is 0.421. The molecular weight excluding hydrogens is 340 g/mol. The molecule has 2 fully saturated rings. The van der Waals surface area contributed by atoms with Crippen molar-refractivity contribution in [3.8, 4) is 11.1 Å². The summed E-state index contributed by atoms with van der Waals surface area (Å²) in [5.74, 6) is 0.199. The first-order valence-corrected chi connectivity index (χ1v) is 9.28. The molecule has 128 valence electrons. The quantitative estimate of drug-likeness (QED) is 0.871. The fourth-order valence-electron chi connectivity index (χ4n) is 3.71. The molecule has 1 aromatic carbocycles. The number of amides is 1. The summed E-state index contributed by atoms with van der Waals surface area (Å²) in [5, 5.41) is 5.68. The molecule has 0 saturated carbocycles. The Bertz CT molecular complexity index is 712. The summed E-state index contributed by atoms with van der Waals surface area (Å²) in [6, 6.07) is 11.6. The van der Waals surface area contributed by atoms with Gasteiger partial charge in [-0.25, -0.2) is 0 Å². The zero-order chi connectivity index (χ0) is 15.8. The van der Waals surface area contributed by atoms with Crippen LogP contribution in [0, 0.1) is 6.92 Å². The maximum Gasteiger partial charge on any atom is 0.264 e. The van der Waals surface area contributed by atoms with Gasteiger partial charge >= 0.3 is 0 Å². The summed E-state index contributed by atoms with van der Waals surface area (Å²) < 4.78 is 0. The number of nitrogens with zero attached hydrogens (tertiary/aromatic N) is 1. The number of rotatable bonds is 2. The van der Waals surface area contributed by atoms with Gasteiger partial charge < -0.3 is 10.2 Å². The van der Waals surface area contributed by atoms with Crippen molar-refractivity contribution in [1.82, 2.24) is 10.2 Å². The third kappa shape index (κ3) is 3.37. The van der Waals surface area contributed by atoms with Gasteiger partial charge in [-0.1, -0.05) is 29.8 Å². The Hall–Kier alpha value is -1.36. The Morgan fingerprint density at radius 2 is 1.88 bits per heavy atom. The first-order valence-electron chi connectivity index (χ1n) is 8.40. The molecule has 2 aromatic rings. The highest BCUT2D eigenvalue weighted by atomic mass is 35.5. The van der Waals surface area contributed by atoms with E-state index in [4.69, 9.17) is 0 Å². The number of likely N-dealkylation sites (tertiary alicyclic amines) is 1. The smallest absolute Gasteiger partial charge is 0.264 e. The number of carbonyl (C=O) groups is 1. The molecule has 3 heterocycles. The number of hydrogen-bond donors (Lipinski definition) is 1. The van der Waals surface area contributed by atoms with Crippen molar-refractivity contribution in [2.24, 2.45) is 0 Å². The van der Waals surface area contributed by atoms with Crippen molar-refractivity contribution in [1.29, 1.82) is 0 Å². The average Bonchev–Trinajstić information content (AvgIpc) is 3.14. The molecule has 1 aromatic heterocycles. The first kappa shape index (κ1) is 17.5. The van der Waals surface area contributed by atoms with Gasteiger partial charge in [0.1, 0.15) is 0 Å². The molecule has 2 saturated heterocycles. The molecule has 4 rings (SSSR count). The van der Waals surface area contributed by atoms with E-state index < -0.39 is 0 Å². The number of aryl methyl sites for hydroxylation is 1. The largest absolute Gasteiger partial charge is 0.336 e. The fourth-order valence-corrected chi connectivity index (χ4v) is 4.59. The Morgan fingerprint density at radius 3 is 2.67 bits per heavy atom. The van der Waals surface area contributed by atoms with Crippen LogP contribution in [-0.2, 0) is 0 Å². The van der Waals surface area contributed by atoms with Gasteiger partial charge in [0.25, 0.3) is 5.91 Å². The van der Waals surface area contributed by atoms with Crippen LogP contribution >= 0.6 is 23.7 Å². The van der Waals surface area contributed by atoms with E-state index in [9.17, 15) is 4.79 Å².